The van der Waals surface area contributed by atoms with Gasteiger partial charge in [0.2, 0.25) is 0 Å². The van der Waals surface area contributed by atoms with E-state index in [4.69, 9.17) is 5.73 Å². The second-order valence-electron chi connectivity index (χ2n) is 6.60. The first-order valence-corrected chi connectivity index (χ1v) is 8.47. The van der Waals surface area contributed by atoms with Gasteiger partial charge in [0.1, 0.15) is 5.82 Å². The SMILES string of the molecule is Cc1cc(C(=O)NC2CCCC2CN)c(C)n1-c1ccc(F)cc1. The molecule has 1 heterocycles. The van der Waals surface area contributed by atoms with E-state index in [0.29, 0.717) is 18.0 Å². The van der Waals surface area contributed by atoms with Crippen LogP contribution < -0.4 is 11.1 Å². The molecule has 0 aliphatic heterocycles. The second kappa shape index (κ2) is 6.77. The lowest BCUT2D eigenvalue weighted by molar-refractivity contribution is 0.0928. The van der Waals surface area contributed by atoms with Crippen LogP contribution in [0.5, 0.6) is 0 Å². The third-order valence-corrected chi connectivity index (χ3v) is 5.04. The Morgan fingerprint density at radius 2 is 2.00 bits per heavy atom. The molecule has 1 fully saturated rings. The fourth-order valence-electron chi connectivity index (χ4n) is 3.74. The highest BCUT2D eigenvalue weighted by molar-refractivity contribution is 5.96. The number of carbonyl (C=O) groups excluding carboxylic acids is 1. The van der Waals surface area contributed by atoms with Crippen molar-refractivity contribution in [3.05, 3.63) is 53.1 Å². The van der Waals surface area contributed by atoms with Crippen LogP contribution in [0.3, 0.4) is 0 Å². The molecular formula is C19H24FN3O. The highest BCUT2D eigenvalue weighted by Gasteiger charge is 2.28. The summed E-state index contributed by atoms with van der Waals surface area (Å²) in [6, 6.07) is 8.35. The van der Waals surface area contributed by atoms with Gasteiger partial charge in [-0.1, -0.05) is 6.42 Å². The fourth-order valence-corrected chi connectivity index (χ4v) is 3.74. The molecule has 0 saturated heterocycles. The molecule has 24 heavy (non-hydrogen) atoms. The summed E-state index contributed by atoms with van der Waals surface area (Å²) < 4.78 is 15.1. The zero-order valence-corrected chi connectivity index (χ0v) is 14.2. The minimum absolute atomic E-state index is 0.0539. The van der Waals surface area contributed by atoms with Crippen LogP contribution >= 0.6 is 0 Å². The van der Waals surface area contributed by atoms with Crippen molar-refractivity contribution in [3.63, 3.8) is 0 Å². The van der Waals surface area contributed by atoms with Gasteiger partial charge in [0, 0.05) is 23.1 Å². The molecule has 1 aliphatic carbocycles. The maximum Gasteiger partial charge on any atom is 0.253 e. The van der Waals surface area contributed by atoms with E-state index in [1.54, 1.807) is 12.1 Å². The van der Waals surface area contributed by atoms with Crippen molar-refractivity contribution >= 4 is 5.91 Å². The molecule has 1 aromatic heterocycles. The van der Waals surface area contributed by atoms with Crippen molar-refractivity contribution in [2.45, 2.75) is 39.2 Å². The Bertz CT molecular complexity index is 736. The Labute approximate surface area is 141 Å². The minimum atomic E-state index is -0.270. The lowest BCUT2D eigenvalue weighted by atomic mass is 10.0. The summed E-state index contributed by atoms with van der Waals surface area (Å²) in [4.78, 5) is 12.7. The Morgan fingerprint density at radius 3 is 2.67 bits per heavy atom. The molecule has 2 aromatic rings. The molecular weight excluding hydrogens is 305 g/mol. The summed E-state index contributed by atoms with van der Waals surface area (Å²) >= 11 is 0. The lowest BCUT2D eigenvalue weighted by Crippen LogP contribution is -2.40. The van der Waals surface area contributed by atoms with Crippen molar-refractivity contribution in [1.82, 2.24) is 9.88 Å². The number of hydrogen-bond donors (Lipinski definition) is 2. The van der Waals surface area contributed by atoms with E-state index in [2.05, 4.69) is 5.32 Å². The number of nitrogens with one attached hydrogen (secondary N) is 1. The number of hydrogen-bond acceptors (Lipinski definition) is 2. The molecule has 4 nitrogen and oxygen atoms in total. The van der Waals surface area contributed by atoms with Gasteiger partial charge in [-0.2, -0.15) is 0 Å². The van der Waals surface area contributed by atoms with Crippen LogP contribution in [0.15, 0.2) is 30.3 Å². The van der Waals surface area contributed by atoms with E-state index in [1.165, 1.54) is 12.1 Å². The van der Waals surface area contributed by atoms with E-state index >= 15 is 0 Å². The van der Waals surface area contributed by atoms with Crippen LogP contribution in [0, 0.1) is 25.6 Å². The molecule has 3 rings (SSSR count). The van der Waals surface area contributed by atoms with E-state index < -0.39 is 0 Å². The number of carbonyl (C=O) groups is 1. The number of halogens is 1. The second-order valence-corrected chi connectivity index (χ2v) is 6.60. The molecule has 5 heteroatoms. The molecule has 2 atom stereocenters. The van der Waals surface area contributed by atoms with Gasteiger partial charge in [0.25, 0.3) is 5.91 Å². The number of rotatable bonds is 4. The Balaban J connectivity index is 1.85. The van der Waals surface area contributed by atoms with Crippen LogP contribution in [-0.2, 0) is 0 Å². The number of benzene rings is 1. The molecule has 0 bridgehead atoms. The van der Waals surface area contributed by atoms with Crippen LogP contribution in [-0.4, -0.2) is 23.1 Å². The summed E-state index contributed by atoms with van der Waals surface area (Å²) in [5, 5.41) is 3.15. The van der Waals surface area contributed by atoms with Crippen LogP contribution in [0.1, 0.15) is 41.0 Å². The molecule has 0 radical (unpaired) electrons. The van der Waals surface area contributed by atoms with Gasteiger partial charge in [0.15, 0.2) is 0 Å². The first kappa shape index (κ1) is 16.7. The number of nitrogens with two attached hydrogens (primary N) is 1. The first-order chi connectivity index (χ1) is 11.5. The van der Waals surface area contributed by atoms with Crippen molar-refractivity contribution < 1.29 is 9.18 Å². The quantitative estimate of drug-likeness (QED) is 0.905. The van der Waals surface area contributed by atoms with Gasteiger partial charge in [-0.05, 0) is 69.5 Å². The topological polar surface area (TPSA) is 60.1 Å². The van der Waals surface area contributed by atoms with Crippen molar-refractivity contribution in [2.24, 2.45) is 11.7 Å². The Kier molecular flexibility index (Phi) is 4.71. The first-order valence-electron chi connectivity index (χ1n) is 8.47. The van der Waals surface area contributed by atoms with E-state index in [0.717, 1.165) is 36.3 Å². The van der Waals surface area contributed by atoms with Crippen LogP contribution in [0.2, 0.25) is 0 Å². The summed E-state index contributed by atoms with van der Waals surface area (Å²) in [6.45, 7) is 4.48. The van der Waals surface area contributed by atoms with E-state index in [1.807, 2.05) is 24.5 Å². The van der Waals surface area contributed by atoms with Gasteiger partial charge in [0.05, 0.1) is 5.56 Å². The molecule has 1 aliphatic rings. The number of nitrogens with zero attached hydrogens (tertiary/aromatic N) is 1. The fraction of sp³-hybridized carbons (Fsp3) is 0.421. The average Bonchev–Trinajstić information content (AvgIpc) is 3.12. The molecule has 1 aromatic carbocycles. The standard InChI is InChI=1S/C19H24FN3O/c1-12-10-17(19(24)22-18-5-3-4-14(18)11-21)13(2)23(12)16-8-6-15(20)7-9-16/h6-10,14,18H,3-5,11,21H2,1-2H3,(H,22,24). The number of aromatic nitrogens is 1. The Morgan fingerprint density at radius 1 is 1.29 bits per heavy atom. The molecule has 3 N–H and O–H groups in total. The molecule has 2 unspecified atom stereocenters. The van der Waals surface area contributed by atoms with Crippen molar-refractivity contribution in [1.29, 1.82) is 0 Å². The highest BCUT2D eigenvalue weighted by Crippen LogP contribution is 2.26. The summed E-state index contributed by atoms with van der Waals surface area (Å²) in [6.07, 6.45) is 3.18. The minimum Gasteiger partial charge on any atom is -0.349 e. The van der Waals surface area contributed by atoms with Crippen molar-refractivity contribution in [3.8, 4) is 5.69 Å². The predicted octanol–water partition coefficient (Wildman–Crippen LogP) is 3.09. The Hall–Kier alpha value is -2.14. The van der Waals surface area contributed by atoms with Gasteiger partial charge in [-0.3, -0.25) is 4.79 Å². The van der Waals surface area contributed by atoms with Crippen LogP contribution in [0.25, 0.3) is 5.69 Å². The smallest absolute Gasteiger partial charge is 0.253 e. The monoisotopic (exact) mass is 329 g/mol. The zero-order valence-electron chi connectivity index (χ0n) is 14.2. The van der Waals surface area contributed by atoms with E-state index in [9.17, 15) is 9.18 Å². The maximum atomic E-state index is 13.2. The number of aryl methyl sites for hydroxylation is 1. The molecule has 0 spiro atoms. The van der Waals surface area contributed by atoms with Crippen LogP contribution in [0.4, 0.5) is 4.39 Å². The zero-order chi connectivity index (χ0) is 17.3. The third kappa shape index (κ3) is 3.08. The summed E-state index contributed by atoms with van der Waals surface area (Å²) in [5.41, 5.74) is 9.13. The van der Waals surface area contributed by atoms with Gasteiger partial charge >= 0.3 is 0 Å². The molecule has 1 amide bonds. The lowest BCUT2D eigenvalue weighted by Gasteiger charge is -2.19. The van der Waals surface area contributed by atoms with E-state index in [-0.39, 0.29) is 17.8 Å². The van der Waals surface area contributed by atoms with Gasteiger partial charge in [-0.25, -0.2) is 4.39 Å². The average molecular weight is 329 g/mol. The maximum absolute atomic E-state index is 13.2. The normalized spacial score (nSPS) is 20.3. The summed E-state index contributed by atoms with van der Waals surface area (Å²) in [7, 11) is 0. The van der Waals surface area contributed by atoms with Gasteiger partial charge < -0.3 is 15.6 Å². The summed E-state index contributed by atoms with van der Waals surface area (Å²) in [5.74, 6) is 0.0459. The molecule has 128 valence electrons. The number of amides is 1. The largest absolute Gasteiger partial charge is 0.349 e. The predicted molar refractivity (Wildman–Crippen MR) is 92.9 cm³/mol. The molecule has 1 saturated carbocycles. The van der Waals surface area contributed by atoms with Gasteiger partial charge in [-0.15, -0.1) is 0 Å². The van der Waals surface area contributed by atoms with Crippen molar-refractivity contribution in [2.75, 3.05) is 6.54 Å². The highest BCUT2D eigenvalue weighted by atomic mass is 19.1. The third-order valence-electron chi connectivity index (χ3n) is 5.04.